The molecule has 18 aromatic rings. The molecule has 4 heterocycles. The highest BCUT2D eigenvalue weighted by Gasteiger charge is 2.23. The van der Waals surface area contributed by atoms with Gasteiger partial charge in [-0.1, -0.05) is 279 Å². The van der Waals surface area contributed by atoms with E-state index in [0.29, 0.717) is 11.6 Å². The van der Waals surface area contributed by atoms with Crippen LogP contribution in [0, 0.1) is 0 Å². The van der Waals surface area contributed by atoms with Crippen LogP contribution in [0.15, 0.2) is 340 Å². The summed E-state index contributed by atoms with van der Waals surface area (Å²) in [5, 5.41) is 11.2. The molecule has 0 saturated carbocycles. The lowest BCUT2D eigenvalue weighted by molar-refractivity contribution is 1.19. The Bertz CT molecular complexity index is 5540. The van der Waals surface area contributed by atoms with Gasteiger partial charge in [-0.15, -0.1) is 0 Å². The SMILES string of the molecule is c1ccc(-c2c3ccccc3c(-c3nc(-c4ccc(-c5ccc(-c6cc(-c7ccc(-c8ccc9ncccc9c8)cc7)nc(-c7c8ccccc8c(-c8ccccc8)c8ccccc78)n6)cc5)cc4)cc(-c4ccc(-c5ccc6ncccc6c5)cc4)n3)c3ccccc23)cc1. The van der Waals surface area contributed by atoms with Gasteiger partial charge >= 0.3 is 0 Å². The van der Waals surface area contributed by atoms with Crippen LogP contribution in [0.1, 0.15) is 0 Å². The highest BCUT2D eigenvalue weighted by atomic mass is 14.9. The normalized spacial score (nSPS) is 11.5. The summed E-state index contributed by atoms with van der Waals surface area (Å²) in [6, 6.07) is 117. The third kappa shape index (κ3) is 10.1. The van der Waals surface area contributed by atoms with E-state index in [-0.39, 0.29) is 0 Å². The summed E-state index contributed by atoms with van der Waals surface area (Å²) in [6.07, 6.45) is 3.68. The van der Waals surface area contributed by atoms with Crippen LogP contribution in [0.4, 0.5) is 0 Å². The minimum Gasteiger partial charge on any atom is -0.256 e. The lowest BCUT2D eigenvalue weighted by atomic mass is 9.88. The molecule has 446 valence electrons. The first-order valence-electron chi connectivity index (χ1n) is 32.5. The molecule has 6 nitrogen and oxygen atoms in total. The number of hydrogen-bond acceptors (Lipinski definition) is 6. The van der Waals surface area contributed by atoms with Crippen molar-refractivity contribution in [2.75, 3.05) is 0 Å². The van der Waals surface area contributed by atoms with Gasteiger partial charge in [0.05, 0.1) is 33.8 Å². The monoisotopic (exact) mass is 1220 g/mol. The predicted molar refractivity (Wildman–Crippen MR) is 398 cm³/mol. The molecule has 18 rings (SSSR count). The Labute approximate surface area is 554 Å². The molecule has 4 aromatic heterocycles. The van der Waals surface area contributed by atoms with E-state index >= 15 is 0 Å². The number of rotatable bonds is 11. The summed E-state index contributed by atoms with van der Waals surface area (Å²) in [6.45, 7) is 0. The number of benzene rings is 14. The van der Waals surface area contributed by atoms with Gasteiger partial charge in [-0.25, -0.2) is 19.9 Å². The van der Waals surface area contributed by atoms with E-state index in [1.165, 1.54) is 22.3 Å². The zero-order valence-corrected chi connectivity index (χ0v) is 52.0. The maximum Gasteiger partial charge on any atom is 0.161 e. The van der Waals surface area contributed by atoms with Gasteiger partial charge in [-0.05, 0) is 147 Å². The summed E-state index contributed by atoms with van der Waals surface area (Å²) in [5.74, 6) is 1.33. The number of nitrogens with zero attached hydrogens (tertiary/aromatic N) is 6. The Morgan fingerprint density at radius 2 is 0.417 bits per heavy atom. The van der Waals surface area contributed by atoms with Gasteiger partial charge in [0.1, 0.15) is 0 Å². The zero-order chi connectivity index (χ0) is 63.5. The molecule has 0 fully saturated rings. The Morgan fingerprint density at radius 3 is 0.719 bits per heavy atom. The van der Waals surface area contributed by atoms with E-state index in [1.54, 1.807) is 0 Å². The summed E-state index contributed by atoms with van der Waals surface area (Å²) in [7, 11) is 0. The van der Waals surface area contributed by atoms with Crippen LogP contribution in [-0.4, -0.2) is 29.9 Å². The van der Waals surface area contributed by atoms with Gasteiger partial charge in [0, 0.05) is 56.5 Å². The molecule has 0 saturated heterocycles. The maximum absolute atomic E-state index is 5.55. The van der Waals surface area contributed by atoms with Crippen molar-refractivity contribution < 1.29 is 0 Å². The van der Waals surface area contributed by atoms with Crippen molar-refractivity contribution in [3.05, 3.63) is 340 Å². The minimum absolute atomic E-state index is 0.665. The van der Waals surface area contributed by atoms with E-state index < -0.39 is 0 Å². The number of aromatic nitrogens is 6. The molecule has 14 aromatic carbocycles. The van der Waals surface area contributed by atoms with Gasteiger partial charge < -0.3 is 0 Å². The van der Waals surface area contributed by atoms with E-state index in [9.17, 15) is 0 Å². The van der Waals surface area contributed by atoms with E-state index in [2.05, 4.69) is 325 Å². The third-order valence-electron chi connectivity index (χ3n) is 18.8. The smallest absolute Gasteiger partial charge is 0.161 e. The fourth-order valence-corrected chi connectivity index (χ4v) is 14.1. The van der Waals surface area contributed by atoms with Crippen molar-refractivity contribution in [2.45, 2.75) is 0 Å². The average molecular weight is 1220 g/mol. The second kappa shape index (κ2) is 23.7. The van der Waals surface area contributed by atoms with Crippen molar-refractivity contribution in [2.24, 2.45) is 0 Å². The number of fused-ring (bicyclic) bond motifs is 6. The first kappa shape index (κ1) is 55.9. The zero-order valence-electron chi connectivity index (χ0n) is 52.0. The summed E-state index contributed by atoms with van der Waals surface area (Å²) >= 11 is 0. The minimum atomic E-state index is 0.665. The first-order valence-corrected chi connectivity index (χ1v) is 32.5. The van der Waals surface area contributed by atoms with Crippen molar-refractivity contribution >= 4 is 64.9 Å². The third-order valence-corrected chi connectivity index (χ3v) is 18.8. The van der Waals surface area contributed by atoms with Crippen molar-refractivity contribution in [3.8, 4) is 123 Å². The highest BCUT2D eigenvalue weighted by molar-refractivity contribution is 6.22. The van der Waals surface area contributed by atoms with Crippen LogP contribution >= 0.6 is 0 Å². The van der Waals surface area contributed by atoms with Gasteiger partial charge in [0.25, 0.3) is 0 Å². The molecule has 0 bridgehead atoms. The fourth-order valence-electron chi connectivity index (χ4n) is 14.1. The molecular formula is C90H56N6. The summed E-state index contributed by atoms with van der Waals surface area (Å²) < 4.78 is 0. The molecule has 96 heavy (non-hydrogen) atoms. The lowest BCUT2D eigenvalue weighted by Crippen LogP contribution is -1.99. The highest BCUT2D eigenvalue weighted by Crippen LogP contribution is 2.46. The Hall–Kier alpha value is -12.9. The van der Waals surface area contributed by atoms with Crippen LogP contribution in [-0.2, 0) is 0 Å². The largest absolute Gasteiger partial charge is 0.256 e. The summed E-state index contributed by atoms with van der Waals surface area (Å²) in [4.78, 5) is 31.3. The Morgan fingerprint density at radius 1 is 0.167 bits per heavy atom. The molecule has 0 unspecified atom stereocenters. The molecular weight excluding hydrogens is 1170 g/mol. The molecule has 0 spiro atoms. The molecule has 0 aliphatic rings. The molecule has 0 aliphatic heterocycles. The van der Waals surface area contributed by atoms with Gasteiger partial charge in [0.2, 0.25) is 0 Å². The van der Waals surface area contributed by atoms with Gasteiger partial charge in [-0.2, -0.15) is 0 Å². The Balaban J connectivity index is 0.736. The average Bonchev–Trinajstić information content (AvgIpc) is 0.745. The number of hydrogen-bond donors (Lipinski definition) is 0. The molecule has 6 heteroatoms. The number of pyridine rings is 2. The predicted octanol–water partition coefficient (Wildman–Crippen LogP) is 23.3. The lowest BCUT2D eigenvalue weighted by Gasteiger charge is -2.18. The second-order valence-electron chi connectivity index (χ2n) is 24.5. The van der Waals surface area contributed by atoms with Gasteiger partial charge in [0.15, 0.2) is 11.6 Å². The van der Waals surface area contributed by atoms with E-state index in [4.69, 9.17) is 19.9 Å². The van der Waals surface area contributed by atoms with Gasteiger partial charge in [-0.3, -0.25) is 9.97 Å². The molecule has 0 N–H and O–H groups in total. The first-order chi connectivity index (χ1) is 47.6. The molecule has 0 amide bonds. The van der Waals surface area contributed by atoms with Crippen molar-refractivity contribution in [1.29, 1.82) is 0 Å². The fraction of sp³-hybridized carbons (Fsp3) is 0. The van der Waals surface area contributed by atoms with E-state index in [0.717, 1.165) is 154 Å². The maximum atomic E-state index is 5.55. The van der Waals surface area contributed by atoms with E-state index in [1.807, 2.05) is 24.5 Å². The van der Waals surface area contributed by atoms with Crippen LogP contribution in [0.5, 0.6) is 0 Å². The van der Waals surface area contributed by atoms with Crippen molar-refractivity contribution in [1.82, 2.24) is 29.9 Å². The van der Waals surface area contributed by atoms with Crippen LogP contribution < -0.4 is 0 Å². The second-order valence-corrected chi connectivity index (χ2v) is 24.5. The van der Waals surface area contributed by atoms with Crippen molar-refractivity contribution in [3.63, 3.8) is 0 Å². The summed E-state index contributed by atoms with van der Waals surface area (Å²) in [5.41, 5.74) is 22.6. The molecule has 0 radical (unpaired) electrons. The van der Waals surface area contributed by atoms with Crippen LogP contribution in [0.3, 0.4) is 0 Å². The van der Waals surface area contributed by atoms with Crippen LogP contribution in [0.2, 0.25) is 0 Å². The quantitative estimate of drug-likeness (QED) is 0.120. The Kier molecular flexibility index (Phi) is 13.8. The topological polar surface area (TPSA) is 77.3 Å². The van der Waals surface area contributed by atoms with Crippen LogP contribution in [0.25, 0.3) is 188 Å². The molecule has 0 atom stereocenters. The standard InChI is InChI=1S/C90H56N6/c1-3-17-65(18-4-1)85-71-23-7-11-27-75(71)87(76-28-12-8-24-72(76)85)89-93-81(55-83(95-89)63-43-35-59(36-44-63)67-47-49-79-69(53-67)21-15-51-91-79)61-39-31-57(32-40-61)58-33-41-62(42-34-58)82-56-84(64-45-37-60(38-46-64)68-48-50-80-70(54-68)22-16-52-92-80)96-90(94-82)88-77-29-13-9-25-73(77)86(66-19-5-2-6-20-66)74-26-10-14-30-78(74)88/h1-56H. The molecule has 0 aliphatic carbocycles.